The van der Waals surface area contributed by atoms with Crippen LogP contribution >= 0.6 is 0 Å². The molecule has 6 heteroatoms. The van der Waals surface area contributed by atoms with E-state index >= 15 is 0 Å². The Morgan fingerprint density at radius 3 is 2.60 bits per heavy atom. The van der Waals surface area contributed by atoms with Crippen molar-refractivity contribution in [2.45, 2.75) is 63.3 Å². The number of imidazole rings is 2. The molecule has 2 aliphatic carbocycles. The lowest BCUT2D eigenvalue weighted by atomic mass is 9.91. The molecule has 0 amide bonds. The molecule has 0 unspecified atom stereocenters. The summed E-state index contributed by atoms with van der Waals surface area (Å²) in [6, 6.07) is 10.1. The van der Waals surface area contributed by atoms with Gasteiger partial charge in [-0.3, -0.25) is 0 Å². The number of nitrogens with one attached hydrogen (secondary N) is 3. The first-order valence-electron chi connectivity index (χ1n) is 12.9. The summed E-state index contributed by atoms with van der Waals surface area (Å²) < 4.78 is 14.8. The zero-order valence-electron chi connectivity index (χ0n) is 19.7. The second-order valence-corrected chi connectivity index (χ2v) is 10.2. The Morgan fingerprint density at radius 2 is 1.74 bits per heavy atom. The van der Waals surface area contributed by atoms with Gasteiger partial charge in [0.05, 0.1) is 17.3 Å². The highest BCUT2D eigenvalue weighted by Gasteiger charge is 2.25. The van der Waals surface area contributed by atoms with Crippen molar-refractivity contribution in [3.05, 3.63) is 70.2 Å². The molecule has 1 aliphatic heterocycles. The Kier molecular flexibility index (Phi) is 4.99. The molecule has 1 atom stereocenters. The number of aryl methyl sites for hydroxylation is 2. The van der Waals surface area contributed by atoms with Crippen LogP contribution in [0.3, 0.4) is 0 Å². The number of aromatic amines is 2. The molecule has 176 valence electrons. The lowest BCUT2D eigenvalue weighted by Gasteiger charge is -2.15. The van der Waals surface area contributed by atoms with Crippen molar-refractivity contribution in [1.29, 1.82) is 0 Å². The molecule has 4 aromatic rings. The molecule has 0 spiro atoms. The molecule has 35 heavy (non-hydrogen) atoms. The Balaban J connectivity index is 1.17. The Labute approximate surface area is 204 Å². The van der Waals surface area contributed by atoms with Gasteiger partial charge < -0.3 is 15.3 Å². The van der Waals surface area contributed by atoms with Gasteiger partial charge in [-0.15, -0.1) is 0 Å². The van der Waals surface area contributed by atoms with Gasteiger partial charge in [-0.05, 0) is 74.9 Å². The van der Waals surface area contributed by atoms with E-state index in [-0.39, 0.29) is 5.82 Å². The summed E-state index contributed by atoms with van der Waals surface area (Å²) in [5, 5.41) is 3.53. The van der Waals surface area contributed by atoms with Gasteiger partial charge >= 0.3 is 0 Å². The van der Waals surface area contributed by atoms with E-state index < -0.39 is 0 Å². The molecule has 2 fully saturated rings. The first-order chi connectivity index (χ1) is 17.2. The summed E-state index contributed by atoms with van der Waals surface area (Å²) in [5.74, 6) is 8.52. The number of H-pyrrole nitrogens is 2. The van der Waals surface area contributed by atoms with Crippen LogP contribution in [0.1, 0.15) is 84.5 Å². The Hall–Kier alpha value is -3.43. The molecule has 3 N–H and O–H groups in total. The average molecular weight is 466 g/mol. The normalized spacial score (nSPS) is 19.5. The molecular weight excluding hydrogens is 437 g/mol. The van der Waals surface area contributed by atoms with Gasteiger partial charge in [0.2, 0.25) is 0 Å². The fourth-order valence-corrected chi connectivity index (χ4v) is 5.99. The van der Waals surface area contributed by atoms with E-state index in [0.717, 1.165) is 67.1 Å². The van der Waals surface area contributed by atoms with E-state index in [9.17, 15) is 4.39 Å². The Morgan fingerprint density at radius 1 is 0.857 bits per heavy atom. The fraction of sp³-hybridized carbons (Fsp3) is 0.379. The van der Waals surface area contributed by atoms with Crippen LogP contribution in [-0.2, 0) is 12.8 Å². The number of hydrogen-bond donors (Lipinski definition) is 3. The number of hydrogen-bond acceptors (Lipinski definition) is 3. The number of rotatable bonds is 2. The van der Waals surface area contributed by atoms with Gasteiger partial charge in [-0.2, -0.15) is 0 Å². The molecule has 5 nitrogen and oxygen atoms in total. The van der Waals surface area contributed by atoms with Crippen molar-refractivity contribution in [2.75, 3.05) is 6.54 Å². The molecule has 0 radical (unpaired) electrons. The highest BCUT2D eigenvalue weighted by Crippen LogP contribution is 2.35. The number of fused-ring (bicyclic) bond motifs is 4. The third-order valence-corrected chi connectivity index (χ3v) is 7.84. The van der Waals surface area contributed by atoms with Crippen LogP contribution in [0, 0.1) is 17.7 Å². The van der Waals surface area contributed by atoms with E-state index in [0.29, 0.717) is 23.0 Å². The van der Waals surface area contributed by atoms with Gasteiger partial charge in [0, 0.05) is 28.3 Å². The lowest BCUT2D eigenvalue weighted by molar-refractivity contribution is 0.611. The Bertz CT molecular complexity index is 1490. The fourth-order valence-electron chi connectivity index (χ4n) is 5.99. The predicted octanol–water partition coefficient (Wildman–Crippen LogP) is 5.67. The summed E-state index contributed by atoms with van der Waals surface area (Å²) in [4.78, 5) is 16.4. The third kappa shape index (κ3) is 3.75. The van der Waals surface area contributed by atoms with Gasteiger partial charge in [0.25, 0.3) is 0 Å². The largest absolute Gasteiger partial charge is 0.344 e. The van der Waals surface area contributed by atoms with E-state index in [1.165, 1.54) is 42.1 Å². The minimum atomic E-state index is -0.309. The molecule has 2 aromatic carbocycles. The molecule has 3 heterocycles. The zero-order chi connectivity index (χ0) is 23.4. The molecule has 3 aliphatic rings. The molecule has 0 bridgehead atoms. The highest BCUT2D eigenvalue weighted by molar-refractivity contribution is 5.78. The van der Waals surface area contributed by atoms with E-state index in [1.807, 2.05) is 12.1 Å². The van der Waals surface area contributed by atoms with Gasteiger partial charge in [-0.25, -0.2) is 14.4 Å². The van der Waals surface area contributed by atoms with Crippen LogP contribution in [0.25, 0.3) is 22.3 Å². The second kappa shape index (κ2) is 8.35. The quantitative estimate of drug-likeness (QED) is 0.334. The number of halogens is 1. The average Bonchev–Trinajstić information content (AvgIpc) is 3.67. The maximum absolute atomic E-state index is 14.8. The van der Waals surface area contributed by atoms with Crippen molar-refractivity contribution in [2.24, 2.45) is 0 Å². The van der Waals surface area contributed by atoms with E-state index in [1.54, 1.807) is 0 Å². The van der Waals surface area contributed by atoms with Gasteiger partial charge in [-0.1, -0.05) is 30.7 Å². The van der Waals surface area contributed by atoms with Crippen LogP contribution in [0.15, 0.2) is 30.3 Å². The van der Waals surface area contributed by atoms with Gasteiger partial charge in [0.1, 0.15) is 17.2 Å². The highest BCUT2D eigenvalue weighted by atomic mass is 19.1. The standard InChI is InChI=1S/C29H28FN5/c30-22-15-18(16-25-27(22)35-28(33-25)19-4-1-2-5-19)8-7-17-9-11-21-20(14-17)10-12-23-26(21)34-29(32-23)24-6-3-13-31-24/h9,11,14-16,19,24,31H,1-6,10,12-13H2,(H,32,34)(H,33,35)/t24-/m0/s1. The minimum absolute atomic E-state index is 0.309. The van der Waals surface area contributed by atoms with Crippen LogP contribution in [-0.4, -0.2) is 26.5 Å². The van der Waals surface area contributed by atoms with Crippen molar-refractivity contribution in [1.82, 2.24) is 25.3 Å². The number of nitrogens with zero attached hydrogens (tertiary/aromatic N) is 2. The topological polar surface area (TPSA) is 69.4 Å². The second-order valence-electron chi connectivity index (χ2n) is 10.2. The molecule has 1 saturated heterocycles. The first kappa shape index (κ1) is 20.9. The summed E-state index contributed by atoms with van der Waals surface area (Å²) in [5.41, 5.74) is 7.56. The van der Waals surface area contributed by atoms with Crippen LogP contribution in [0.5, 0.6) is 0 Å². The van der Waals surface area contributed by atoms with Crippen LogP contribution in [0.4, 0.5) is 4.39 Å². The zero-order valence-corrected chi connectivity index (χ0v) is 19.7. The van der Waals surface area contributed by atoms with E-state index in [4.69, 9.17) is 4.98 Å². The van der Waals surface area contributed by atoms with Crippen molar-refractivity contribution in [3.63, 3.8) is 0 Å². The maximum Gasteiger partial charge on any atom is 0.152 e. The molecule has 2 aromatic heterocycles. The monoisotopic (exact) mass is 465 g/mol. The van der Waals surface area contributed by atoms with Crippen molar-refractivity contribution in [3.8, 4) is 23.1 Å². The summed E-state index contributed by atoms with van der Waals surface area (Å²) >= 11 is 0. The van der Waals surface area contributed by atoms with Crippen molar-refractivity contribution < 1.29 is 4.39 Å². The minimum Gasteiger partial charge on any atom is -0.344 e. The molecule has 1 saturated carbocycles. The predicted molar refractivity (Wildman–Crippen MR) is 135 cm³/mol. The number of aromatic nitrogens is 4. The van der Waals surface area contributed by atoms with Gasteiger partial charge in [0.15, 0.2) is 5.82 Å². The van der Waals surface area contributed by atoms with Crippen molar-refractivity contribution >= 4 is 11.0 Å². The smallest absolute Gasteiger partial charge is 0.152 e. The summed E-state index contributed by atoms with van der Waals surface area (Å²) in [7, 11) is 0. The molecule has 7 rings (SSSR count). The summed E-state index contributed by atoms with van der Waals surface area (Å²) in [6.45, 7) is 1.06. The summed E-state index contributed by atoms with van der Waals surface area (Å²) in [6.07, 6.45) is 8.98. The third-order valence-electron chi connectivity index (χ3n) is 7.84. The number of benzene rings is 2. The van der Waals surface area contributed by atoms with E-state index in [2.05, 4.69) is 44.2 Å². The molecular formula is C29H28FN5. The van der Waals surface area contributed by atoms with Crippen LogP contribution < -0.4 is 5.32 Å². The lowest BCUT2D eigenvalue weighted by Crippen LogP contribution is -2.14. The maximum atomic E-state index is 14.8. The van der Waals surface area contributed by atoms with Crippen LogP contribution in [0.2, 0.25) is 0 Å². The first-order valence-corrected chi connectivity index (χ1v) is 12.9. The SMILES string of the molecule is Fc1cc(C#Cc2ccc3c(c2)CCc2[nH]c([C@@H]4CCCN4)nc2-3)cc2[nH]c(C3CCCC3)nc12.